The summed E-state index contributed by atoms with van der Waals surface area (Å²) in [6.07, 6.45) is 3.28. The molecule has 2 aromatic carbocycles. The first-order chi connectivity index (χ1) is 21.2. The molecule has 0 radical (unpaired) electrons. The first kappa shape index (κ1) is 33.5. The molecule has 2 heterocycles. The second-order valence-corrected chi connectivity index (χ2v) is 12.9. The molecule has 1 aliphatic heterocycles. The van der Waals surface area contributed by atoms with Crippen LogP contribution >= 0.6 is 0 Å². The van der Waals surface area contributed by atoms with Crippen LogP contribution in [0.1, 0.15) is 51.3 Å². The average molecular weight is 618 g/mol. The van der Waals surface area contributed by atoms with Crippen LogP contribution in [0.2, 0.25) is 0 Å². The zero-order valence-corrected chi connectivity index (χ0v) is 27.8. The lowest BCUT2D eigenvalue weighted by molar-refractivity contribution is -0.151. The molecule has 0 unspecified atom stereocenters. The number of likely N-dealkylation sites (N-methyl/N-ethyl adjacent to an activating group) is 1. The van der Waals surface area contributed by atoms with Crippen LogP contribution < -0.4 is 5.32 Å². The fraction of sp³-hybridized carbons (Fsp3) is 0.471. The molecular weight excluding hydrogens is 570 g/mol. The third-order valence-electron chi connectivity index (χ3n) is 7.86. The zero-order chi connectivity index (χ0) is 32.9. The normalized spacial score (nSPS) is 13.0. The second-order valence-electron chi connectivity index (χ2n) is 12.9. The van der Waals surface area contributed by atoms with Crippen molar-refractivity contribution in [2.45, 2.75) is 66.3 Å². The van der Waals surface area contributed by atoms with Gasteiger partial charge in [0.1, 0.15) is 12.1 Å². The average Bonchev–Trinajstić information content (AvgIpc) is 3.60. The van der Waals surface area contributed by atoms with E-state index < -0.39 is 11.7 Å². The molecule has 0 saturated heterocycles. The van der Waals surface area contributed by atoms with Gasteiger partial charge in [0, 0.05) is 63.8 Å². The van der Waals surface area contributed by atoms with Crippen LogP contribution in [0.5, 0.6) is 0 Å². The molecule has 0 atom stereocenters. The first-order valence-corrected chi connectivity index (χ1v) is 15.4. The molecule has 1 N–H and O–H groups in total. The Labute approximate surface area is 266 Å². The van der Waals surface area contributed by atoms with Gasteiger partial charge < -0.3 is 19.9 Å². The summed E-state index contributed by atoms with van der Waals surface area (Å²) < 4.78 is 7.37. The molecule has 0 fully saturated rings. The van der Waals surface area contributed by atoms with Crippen LogP contribution in [0.15, 0.2) is 54.9 Å². The van der Waals surface area contributed by atoms with E-state index in [1.807, 2.05) is 90.1 Å². The van der Waals surface area contributed by atoms with Gasteiger partial charge in [-0.25, -0.2) is 9.80 Å². The summed E-state index contributed by atoms with van der Waals surface area (Å²) in [6.45, 7) is 12.7. The monoisotopic (exact) mass is 617 g/mol. The van der Waals surface area contributed by atoms with Crippen LogP contribution in [-0.4, -0.2) is 92.4 Å². The van der Waals surface area contributed by atoms with E-state index in [2.05, 4.69) is 22.5 Å². The fourth-order valence-corrected chi connectivity index (χ4v) is 5.20. The molecule has 1 aromatic heterocycles. The number of nitrogens with zero attached hydrogens (tertiary/aromatic N) is 6. The third kappa shape index (κ3) is 8.85. The van der Waals surface area contributed by atoms with Crippen molar-refractivity contribution in [2.24, 2.45) is 7.05 Å². The fourth-order valence-electron chi connectivity index (χ4n) is 5.20. The SMILES string of the molecule is Cc1ccc(-c2cnn(C)c2)cc1NCC(=O)N(CCN(C(=O)OC(C)(C)C)C(C)C)CC(=O)N(C)N1Cc2ccccc2C1. The molecule has 0 saturated carbocycles. The lowest BCUT2D eigenvalue weighted by Gasteiger charge is -2.33. The van der Waals surface area contributed by atoms with E-state index in [4.69, 9.17) is 4.74 Å². The van der Waals surface area contributed by atoms with Gasteiger partial charge in [0.25, 0.3) is 5.91 Å². The number of ether oxygens (including phenoxy) is 1. The molecule has 11 heteroatoms. The lowest BCUT2D eigenvalue weighted by Crippen LogP contribution is -2.51. The number of aromatic nitrogens is 2. The highest BCUT2D eigenvalue weighted by molar-refractivity contribution is 5.87. The van der Waals surface area contributed by atoms with Gasteiger partial charge in [-0.1, -0.05) is 36.4 Å². The van der Waals surface area contributed by atoms with E-state index in [1.54, 1.807) is 27.8 Å². The number of carbonyl (C=O) groups excluding carboxylic acids is 3. The Morgan fingerprint density at radius 3 is 2.24 bits per heavy atom. The number of rotatable bonds is 11. The van der Waals surface area contributed by atoms with Gasteiger partial charge in [0.2, 0.25) is 5.91 Å². The molecule has 3 amide bonds. The highest BCUT2D eigenvalue weighted by atomic mass is 16.6. The highest BCUT2D eigenvalue weighted by Crippen LogP contribution is 2.26. The van der Waals surface area contributed by atoms with Crippen molar-refractivity contribution in [3.05, 3.63) is 71.5 Å². The number of benzene rings is 2. The van der Waals surface area contributed by atoms with E-state index in [1.165, 1.54) is 16.0 Å². The summed E-state index contributed by atoms with van der Waals surface area (Å²) in [5.74, 6) is -0.459. The molecular formula is C34H47N7O4. The summed E-state index contributed by atoms with van der Waals surface area (Å²) in [5.41, 5.74) is 5.47. The lowest BCUT2D eigenvalue weighted by atomic mass is 10.1. The Balaban J connectivity index is 1.48. The molecule has 3 aromatic rings. The number of hydrazine groups is 1. The van der Waals surface area contributed by atoms with Gasteiger partial charge in [-0.3, -0.25) is 19.3 Å². The van der Waals surface area contributed by atoms with E-state index in [-0.39, 0.29) is 44.0 Å². The molecule has 1 aliphatic rings. The van der Waals surface area contributed by atoms with Crippen molar-refractivity contribution in [3.63, 3.8) is 0 Å². The van der Waals surface area contributed by atoms with E-state index in [0.29, 0.717) is 13.1 Å². The van der Waals surface area contributed by atoms with Crippen molar-refractivity contribution in [3.8, 4) is 11.1 Å². The maximum atomic E-state index is 13.8. The largest absolute Gasteiger partial charge is 0.444 e. The van der Waals surface area contributed by atoms with Gasteiger partial charge in [-0.05, 0) is 69.9 Å². The molecule has 4 rings (SSSR count). The van der Waals surface area contributed by atoms with Crippen LogP contribution in [0.3, 0.4) is 0 Å². The minimum Gasteiger partial charge on any atom is -0.444 e. The Kier molecular flexibility index (Phi) is 10.5. The quantitative estimate of drug-likeness (QED) is 0.334. The van der Waals surface area contributed by atoms with E-state index >= 15 is 0 Å². The Bertz CT molecular complexity index is 1490. The van der Waals surface area contributed by atoms with E-state index in [9.17, 15) is 14.4 Å². The van der Waals surface area contributed by atoms with E-state index in [0.717, 1.165) is 22.4 Å². The maximum Gasteiger partial charge on any atom is 0.410 e. The predicted molar refractivity (Wildman–Crippen MR) is 175 cm³/mol. The molecule has 0 spiro atoms. The maximum absolute atomic E-state index is 13.8. The minimum atomic E-state index is -0.655. The van der Waals surface area contributed by atoms with Gasteiger partial charge >= 0.3 is 6.09 Å². The second kappa shape index (κ2) is 14.2. The number of carbonyl (C=O) groups is 3. The Hall–Kier alpha value is -4.38. The van der Waals surface area contributed by atoms with Crippen LogP contribution in [0.4, 0.5) is 10.5 Å². The van der Waals surface area contributed by atoms with Gasteiger partial charge in [0.05, 0.1) is 12.7 Å². The van der Waals surface area contributed by atoms with Crippen molar-refractivity contribution in [2.75, 3.05) is 38.5 Å². The molecule has 45 heavy (non-hydrogen) atoms. The summed E-state index contributed by atoms with van der Waals surface area (Å²) >= 11 is 0. The Morgan fingerprint density at radius 2 is 1.67 bits per heavy atom. The Morgan fingerprint density at radius 1 is 1.00 bits per heavy atom. The standard InChI is InChI=1S/C34H47N7O4/c1-24(2)41(33(44)45-34(4,5)6)16-15-39(23-32(43)38(8)40-21-27-11-9-10-12-28(27)22-40)31(42)19-35-30-17-26(14-13-25(30)3)29-18-36-37(7)20-29/h9-14,17-18,20,24,35H,15-16,19,21-23H2,1-8H3. The van der Waals surface area contributed by atoms with Gasteiger partial charge in [0.15, 0.2) is 0 Å². The number of fused-ring (bicyclic) bond motifs is 1. The van der Waals surface area contributed by atoms with Crippen molar-refractivity contribution < 1.29 is 19.1 Å². The van der Waals surface area contributed by atoms with Crippen LogP contribution in [0.25, 0.3) is 11.1 Å². The van der Waals surface area contributed by atoms with Crippen molar-refractivity contribution in [1.82, 2.24) is 29.6 Å². The summed E-state index contributed by atoms with van der Waals surface area (Å²) in [6, 6.07) is 14.0. The highest BCUT2D eigenvalue weighted by Gasteiger charge is 2.29. The first-order valence-electron chi connectivity index (χ1n) is 15.4. The number of hydrogen-bond acceptors (Lipinski definition) is 7. The molecule has 242 valence electrons. The van der Waals surface area contributed by atoms with Gasteiger partial charge in [-0.15, -0.1) is 0 Å². The topological polar surface area (TPSA) is 103 Å². The number of amides is 3. The van der Waals surface area contributed by atoms with Crippen molar-refractivity contribution in [1.29, 1.82) is 0 Å². The smallest absolute Gasteiger partial charge is 0.410 e. The molecule has 0 bridgehead atoms. The third-order valence-corrected chi connectivity index (χ3v) is 7.86. The van der Waals surface area contributed by atoms with Gasteiger partial charge in [-0.2, -0.15) is 5.10 Å². The summed E-state index contributed by atoms with van der Waals surface area (Å²) in [7, 11) is 3.61. The number of anilines is 1. The molecule has 11 nitrogen and oxygen atoms in total. The molecule has 0 aliphatic carbocycles. The zero-order valence-electron chi connectivity index (χ0n) is 27.8. The van der Waals surface area contributed by atoms with Crippen LogP contribution in [0, 0.1) is 6.92 Å². The summed E-state index contributed by atoms with van der Waals surface area (Å²) in [4.78, 5) is 43.4. The number of aryl methyl sites for hydroxylation is 2. The van der Waals surface area contributed by atoms with Crippen molar-refractivity contribution >= 4 is 23.6 Å². The van der Waals surface area contributed by atoms with Crippen LogP contribution in [-0.2, 0) is 34.5 Å². The predicted octanol–water partition coefficient (Wildman–Crippen LogP) is 4.67. The summed E-state index contributed by atoms with van der Waals surface area (Å²) in [5, 5.41) is 11.1. The minimum absolute atomic E-state index is 0.0163. The number of nitrogens with one attached hydrogen (secondary N) is 1. The number of hydrogen-bond donors (Lipinski definition) is 1.